The summed E-state index contributed by atoms with van der Waals surface area (Å²) in [5.41, 5.74) is 2.65. The predicted octanol–water partition coefficient (Wildman–Crippen LogP) is 4.11. The van der Waals surface area contributed by atoms with Crippen molar-refractivity contribution in [1.29, 1.82) is 0 Å². The van der Waals surface area contributed by atoms with E-state index in [1.165, 1.54) is 11.3 Å². The normalized spacial score (nSPS) is 11.0. The third-order valence-corrected chi connectivity index (χ3v) is 4.65. The van der Waals surface area contributed by atoms with Gasteiger partial charge in [-0.1, -0.05) is 24.7 Å². The Balaban J connectivity index is 2.01. The molecule has 0 aliphatic carbocycles. The fourth-order valence-electron chi connectivity index (χ4n) is 2.55. The van der Waals surface area contributed by atoms with Crippen LogP contribution in [0.4, 0.5) is 0 Å². The van der Waals surface area contributed by atoms with Crippen molar-refractivity contribution in [3.63, 3.8) is 0 Å². The molecule has 0 fully saturated rings. The zero-order valence-corrected chi connectivity index (χ0v) is 13.9. The number of nitrogens with zero attached hydrogens (tertiary/aromatic N) is 2. The molecule has 0 spiro atoms. The molecule has 1 N–H and O–H groups in total. The van der Waals surface area contributed by atoms with Gasteiger partial charge in [0.2, 0.25) is 0 Å². The number of ether oxygens (including phenoxy) is 1. The van der Waals surface area contributed by atoms with Gasteiger partial charge in [-0.25, -0.2) is 9.78 Å². The summed E-state index contributed by atoms with van der Waals surface area (Å²) in [6.07, 6.45) is 3.53. The highest BCUT2D eigenvalue weighted by Crippen LogP contribution is 2.29. The molecule has 2 aromatic heterocycles. The van der Waals surface area contributed by atoms with Crippen molar-refractivity contribution in [3.05, 3.63) is 41.0 Å². The van der Waals surface area contributed by atoms with Crippen molar-refractivity contribution in [1.82, 2.24) is 9.38 Å². The third-order valence-electron chi connectivity index (χ3n) is 3.56. The maximum absolute atomic E-state index is 11.4. The SMILES string of the molecule is CCCc1c(C(=O)O)sc2nc(-c3ccc(OCC)cc3)cn12. The zero-order valence-electron chi connectivity index (χ0n) is 13.1. The molecule has 23 heavy (non-hydrogen) atoms. The number of benzene rings is 1. The van der Waals surface area contributed by atoms with Crippen LogP contribution in [0.25, 0.3) is 16.2 Å². The van der Waals surface area contributed by atoms with Crippen molar-refractivity contribution in [2.45, 2.75) is 26.7 Å². The van der Waals surface area contributed by atoms with Gasteiger partial charge < -0.3 is 9.84 Å². The minimum Gasteiger partial charge on any atom is -0.494 e. The van der Waals surface area contributed by atoms with Gasteiger partial charge >= 0.3 is 5.97 Å². The summed E-state index contributed by atoms with van der Waals surface area (Å²) < 4.78 is 7.35. The predicted molar refractivity (Wildman–Crippen MR) is 90.6 cm³/mol. The zero-order chi connectivity index (χ0) is 16.4. The number of rotatable bonds is 6. The second-order valence-electron chi connectivity index (χ2n) is 5.17. The topological polar surface area (TPSA) is 63.8 Å². The van der Waals surface area contributed by atoms with E-state index in [1.807, 2.05) is 48.7 Å². The summed E-state index contributed by atoms with van der Waals surface area (Å²) in [6.45, 7) is 4.63. The highest BCUT2D eigenvalue weighted by atomic mass is 32.1. The Kier molecular flexibility index (Phi) is 4.34. The number of thiazole rings is 1. The van der Waals surface area contributed by atoms with Crippen molar-refractivity contribution in [2.75, 3.05) is 6.61 Å². The second-order valence-corrected chi connectivity index (χ2v) is 6.15. The largest absolute Gasteiger partial charge is 0.494 e. The Morgan fingerprint density at radius 2 is 2.04 bits per heavy atom. The number of carboxylic acids is 1. The molecule has 2 heterocycles. The third kappa shape index (κ3) is 2.94. The number of carbonyl (C=O) groups is 1. The van der Waals surface area contributed by atoms with Gasteiger partial charge in [0.1, 0.15) is 10.6 Å². The number of imidazole rings is 1. The first kappa shape index (κ1) is 15.6. The lowest BCUT2D eigenvalue weighted by Crippen LogP contribution is -2.00. The second kappa shape index (κ2) is 6.42. The Labute approximate surface area is 138 Å². The van der Waals surface area contributed by atoms with Gasteiger partial charge in [-0.2, -0.15) is 0 Å². The summed E-state index contributed by atoms with van der Waals surface area (Å²) in [5, 5.41) is 9.33. The average molecular weight is 330 g/mol. The number of carboxylic acid groups (broad SMARTS) is 1. The number of fused-ring (bicyclic) bond motifs is 1. The van der Waals surface area contributed by atoms with E-state index in [0.717, 1.165) is 40.5 Å². The van der Waals surface area contributed by atoms with E-state index < -0.39 is 5.97 Å². The van der Waals surface area contributed by atoms with Crippen LogP contribution in [0.15, 0.2) is 30.5 Å². The lowest BCUT2D eigenvalue weighted by atomic mass is 10.1. The molecule has 0 atom stereocenters. The van der Waals surface area contributed by atoms with Crippen LogP contribution in [0.5, 0.6) is 5.75 Å². The summed E-state index contributed by atoms with van der Waals surface area (Å²) >= 11 is 1.23. The number of aryl methyl sites for hydroxylation is 1. The van der Waals surface area contributed by atoms with Crippen LogP contribution in [0.2, 0.25) is 0 Å². The summed E-state index contributed by atoms with van der Waals surface area (Å²) in [4.78, 5) is 17.1. The maximum atomic E-state index is 11.4. The number of aromatic carboxylic acids is 1. The highest BCUT2D eigenvalue weighted by molar-refractivity contribution is 7.19. The highest BCUT2D eigenvalue weighted by Gasteiger charge is 2.19. The van der Waals surface area contributed by atoms with Gasteiger partial charge in [0, 0.05) is 17.5 Å². The molecule has 3 aromatic rings. The molecule has 5 nitrogen and oxygen atoms in total. The molecule has 3 rings (SSSR count). The molecule has 0 saturated carbocycles. The number of hydrogen-bond donors (Lipinski definition) is 1. The molecule has 0 saturated heterocycles. The van der Waals surface area contributed by atoms with E-state index in [1.54, 1.807) is 0 Å². The lowest BCUT2D eigenvalue weighted by molar-refractivity contribution is 0.0700. The van der Waals surface area contributed by atoms with Crippen LogP contribution in [0.1, 0.15) is 35.6 Å². The maximum Gasteiger partial charge on any atom is 0.347 e. The van der Waals surface area contributed by atoms with Crippen molar-refractivity contribution in [2.24, 2.45) is 0 Å². The summed E-state index contributed by atoms with van der Waals surface area (Å²) in [7, 11) is 0. The Hall–Kier alpha value is -2.34. The van der Waals surface area contributed by atoms with Gasteiger partial charge in [-0.15, -0.1) is 0 Å². The fraction of sp³-hybridized carbons (Fsp3) is 0.294. The molecule has 0 radical (unpaired) electrons. The van der Waals surface area contributed by atoms with Gasteiger partial charge in [-0.3, -0.25) is 4.40 Å². The first-order valence-corrected chi connectivity index (χ1v) is 8.43. The molecular weight excluding hydrogens is 312 g/mol. The first-order valence-electron chi connectivity index (χ1n) is 7.61. The summed E-state index contributed by atoms with van der Waals surface area (Å²) in [6, 6.07) is 7.77. The average Bonchev–Trinajstić information content (AvgIpc) is 3.08. The Bertz CT molecular complexity index is 834. The molecule has 0 unspecified atom stereocenters. The molecule has 0 bridgehead atoms. The Morgan fingerprint density at radius 1 is 1.30 bits per heavy atom. The van der Waals surface area contributed by atoms with Gasteiger partial charge in [0.05, 0.1) is 12.3 Å². The lowest BCUT2D eigenvalue weighted by Gasteiger charge is -2.03. The minimum absolute atomic E-state index is 0.382. The van der Waals surface area contributed by atoms with E-state index >= 15 is 0 Å². The standard InChI is InChI=1S/C17H18N2O3S/c1-3-5-14-15(16(20)21)23-17-18-13(10-19(14)17)11-6-8-12(9-7-11)22-4-2/h6-10H,3-5H2,1-2H3,(H,20,21). The van der Waals surface area contributed by atoms with E-state index in [2.05, 4.69) is 4.98 Å². The van der Waals surface area contributed by atoms with Crippen molar-refractivity contribution in [3.8, 4) is 17.0 Å². The molecule has 6 heteroatoms. The minimum atomic E-state index is -0.883. The monoisotopic (exact) mass is 330 g/mol. The molecule has 0 amide bonds. The van der Waals surface area contributed by atoms with Crippen molar-refractivity contribution >= 4 is 22.3 Å². The fourth-order valence-corrected chi connectivity index (χ4v) is 3.55. The van der Waals surface area contributed by atoms with Gasteiger partial charge in [-0.05, 0) is 37.6 Å². The smallest absolute Gasteiger partial charge is 0.347 e. The van der Waals surface area contributed by atoms with Crippen LogP contribution in [-0.2, 0) is 6.42 Å². The first-order chi connectivity index (χ1) is 11.1. The van der Waals surface area contributed by atoms with Gasteiger partial charge in [0.25, 0.3) is 0 Å². The summed E-state index contributed by atoms with van der Waals surface area (Å²) in [5.74, 6) is -0.0522. The Morgan fingerprint density at radius 3 is 2.65 bits per heavy atom. The number of hydrogen-bond acceptors (Lipinski definition) is 4. The van der Waals surface area contributed by atoms with Crippen LogP contribution < -0.4 is 4.74 Å². The van der Waals surface area contributed by atoms with Crippen LogP contribution in [0.3, 0.4) is 0 Å². The molecule has 120 valence electrons. The van der Waals surface area contributed by atoms with E-state index in [0.29, 0.717) is 11.5 Å². The van der Waals surface area contributed by atoms with E-state index in [4.69, 9.17) is 4.74 Å². The molecule has 1 aromatic carbocycles. The van der Waals surface area contributed by atoms with Gasteiger partial charge in [0.15, 0.2) is 4.96 Å². The van der Waals surface area contributed by atoms with Crippen LogP contribution >= 0.6 is 11.3 Å². The molecular formula is C17H18N2O3S. The molecule has 0 aliphatic heterocycles. The van der Waals surface area contributed by atoms with E-state index in [-0.39, 0.29) is 0 Å². The van der Waals surface area contributed by atoms with Crippen molar-refractivity contribution < 1.29 is 14.6 Å². The number of aromatic nitrogens is 2. The van der Waals surface area contributed by atoms with Crippen LogP contribution in [0, 0.1) is 0 Å². The quantitative estimate of drug-likeness (QED) is 0.738. The van der Waals surface area contributed by atoms with E-state index in [9.17, 15) is 9.90 Å². The van der Waals surface area contributed by atoms with Crippen LogP contribution in [-0.4, -0.2) is 27.1 Å². The molecule has 0 aliphatic rings.